The van der Waals surface area contributed by atoms with Gasteiger partial charge < -0.3 is 0 Å². The number of Topliss-reactive ketones (excluding diaryl/α,β-unsaturated/α-hetero) is 1. The van der Waals surface area contributed by atoms with E-state index in [-0.39, 0.29) is 12.2 Å². The second kappa shape index (κ2) is 4.41. The van der Waals surface area contributed by atoms with Crippen LogP contribution in [0.4, 0.5) is 0 Å². The lowest BCUT2D eigenvalue weighted by molar-refractivity contribution is 0.0987. The molecule has 2 heterocycles. The van der Waals surface area contributed by atoms with E-state index in [4.69, 9.17) is 0 Å². The summed E-state index contributed by atoms with van der Waals surface area (Å²) in [6.45, 7) is 0. The van der Waals surface area contributed by atoms with Gasteiger partial charge in [-0.05, 0) is 18.2 Å². The van der Waals surface area contributed by atoms with Crippen molar-refractivity contribution in [2.75, 3.05) is 0 Å². The minimum Gasteiger partial charge on any atom is -0.292 e. The van der Waals surface area contributed by atoms with Crippen molar-refractivity contribution in [2.24, 2.45) is 0 Å². The van der Waals surface area contributed by atoms with Crippen molar-refractivity contribution >= 4 is 5.78 Å². The second-order valence-corrected chi connectivity index (χ2v) is 3.02. The zero-order valence-electron chi connectivity index (χ0n) is 8.00. The van der Waals surface area contributed by atoms with Crippen molar-refractivity contribution in [3.05, 3.63) is 54.4 Å². The highest BCUT2D eigenvalue weighted by molar-refractivity contribution is 5.95. The summed E-state index contributed by atoms with van der Waals surface area (Å²) in [6.07, 6.45) is 4.87. The number of hydrogen-bond donors (Lipinski definition) is 0. The van der Waals surface area contributed by atoms with E-state index in [1.54, 1.807) is 18.5 Å². The molecular formula is C11H9N3O. The van der Waals surface area contributed by atoms with Crippen molar-refractivity contribution < 1.29 is 4.79 Å². The summed E-state index contributed by atoms with van der Waals surface area (Å²) in [7, 11) is 0. The predicted octanol–water partition coefficient (Wildman–Crippen LogP) is 1.30. The lowest BCUT2D eigenvalue weighted by Gasteiger charge is -1.98. The standard InChI is InChI=1S/C11H9N3O/c15-11(10-4-6-12-8-14-10)7-9-3-1-2-5-13-9/h1-6,8H,7H2. The molecule has 0 aliphatic heterocycles. The Balaban J connectivity index is 2.12. The summed E-state index contributed by atoms with van der Waals surface area (Å²) in [5.41, 5.74) is 1.18. The molecule has 15 heavy (non-hydrogen) atoms. The summed E-state index contributed by atoms with van der Waals surface area (Å²) < 4.78 is 0. The molecule has 74 valence electrons. The summed E-state index contributed by atoms with van der Waals surface area (Å²) in [5.74, 6) is -0.0453. The van der Waals surface area contributed by atoms with Gasteiger partial charge in [0.05, 0.1) is 6.42 Å². The van der Waals surface area contributed by atoms with Crippen LogP contribution in [0.5, 0.6) is 0 Å². The van der Waals surface area contributed by atoms with Crippen LogP contribution in [0, 0.1) is 0 Å². The number of aromatic nitrogens is 3. The lowest BCUT2D eigenvalue weighted by Crippen LogP contribution is -2.06. The third kappa shape index (κ3) is 2.43. The Morgan fingerprint density at radius 2 is 2.07 bits per heavy atom. The van der Waals surface area contributed by atoms with E-state index in [0.717, 1.165) is 5.69 Å². The Morgan fingerprint density at radius 3 is 2.73 bits per heavy atom. The van der Waals surface area contributed by atoms with Gasteiger partial charge in [-0.25, -0.2) is 9.97 Å². The number of rotatable bonds is 3. The van der Waals surface area contributed by atoms with Crippen molar-refractivity contribution in [3.63, 3.8) is 0 Å². The molecule has 0 aliphatic rings. The number of hydrogen-bond acceptors (Lipinski definition) is 4. The van der Waals surface area contributed by atoms with Crippen molar-refractivity contribution in [2.45, 2.75) is 6.42 Å². The molecule has 0 amide bonds. The van der Waals surface area contributed by atoms with Crippen molar-refractivity contribution in [3.8, 4) is 0 Å². The molecule has 0 spiro atoms. The van der Waals surface area contributed by atoms with Gasteiger partial charge in [-0.2, -0.15) is 0 Å². The van der Waals surface area contributed by atoms with E-state index < -0.39 is 0 Å². The second-order valence-electron chi connectivity index (χ2n) is 3.02. The molecule has 0 bridgehead atoms. The summed E-state index contributed by atoms with van der Waals surface area (Å²) in [5, 5.41) is 0. The van der Waals surface area contributed by atoms with E-state index in [2.05, 4.69) is 15.0 Å². The molecule has 0 saturated heterocycles. The zero-order chi connectivity index (χ0) is 10.5. The van der Waals surface area contributed by atoms with Crippen LogP contribution >= 0.6 is 0 Å². The van der Waals surface area contributed by atoms with Crippen molar-refractivity contribution in [1.29, 1.82) is 0 Å². The van der Waals surface area contributed by atoms with Gasteiger partial charge in [0, 0.05) is 18.1 Å². The molecule has 2 aromatic rings. The normalized spacial score (nSPS) is 9.87. The summed E-state index contributed by atoms with van der Waals surface area (Å²) in [6, 6.07) is 7.10. The SMILES string of the molecule is O=C(Cc1ccccn1)c1ccncn1. The van der Waals surface area contributed by atoms with Crippen molar-refractivity contribution in [1.82, 2.24) is 15.0 Å². The largest absolute Gasteiger partial charge is 0.292 e. The molecule has 0 N–H and O–H groups in total. The van der Waals surface area contributed by atoms with Crippen LogP contribution in [0.2, 0.25) is 0 Å². The van der Waals surface area contributed by atoms with Crippen LogP contribution < -0.4 is 0 Å². The number of pyridine rings is 1. The van der Waals surface area contributed by atoms with Gasteiger partial charge in [0.2, 0.25) is 0 Å². The highest BCUT2D eigenvalue weighted by Gasteiger charge is 2.07. The zero-order valence-corrected chi connectivity index (χ0v) is 8.00. The van der Waals surface area contributed by atoms with E-state index in [9.17, 15) is 4.79 Å². The third-order valence-electron chi connectivity index (χ3n) is 1.94. The summed E-state index contributed by atoms with van der Waals surface area (Å²) in [4.78, 5) is 23.4. The van der Waals surface area contributed by atoms with Crippen LogP contribution in [0.1, 0.15) is 16.2 Å². The molecule has 0 aromatic carbocycles. The quantitative estimate of drug-likeness (QED) is 0.699. The minimum atomic E-state index is -0.0453. The highest BCUT2D eigenvalue weighted by atomic mass is 16.1. The van der Waals surface area contributed by atoms with E-state index in [0.29, 0.717) is 5.69 Å². The lowest BCUT2D eigenvalue weighted by atomic mass is 10.1. The van der Waals surface area contributed by atoms with Crippen LogP contribution in [0.3, 0.4) is 0 Å². The Morgan fingerprint density at radius 1 is 1.13 bits per heavy atom. The molecule has 2 rings (SSSR count). The smallest absolute Gasteiger partial charge is 0.187 e. The molecule has 0 aliphatic carbocycles. The van der Waals surface area contributed by atoms with Gasteiger partial charge in [-0.15, -0.1) is 0 Å². The molecule has 2 aromatic heterocycles. The fourth-order valence-corrected chi connectivity index (χ4v) is 1.21. The van der Waals surface area contributed by atoms with Gasteiger partial charge in [-0.3, -0.25) is 9.78 Å². The highest BCUT2D eigenvalue weighted by Crippen LogP contribution is 2.01. The number of carbonyl (C=O) groups is 1. The average Bonchev–Trinajstić information content (AvgIpc) is 2.31. The summed E-state index contributed by atoms with van der Waals surface area (Å²) >= 11 is 0. The molecule has 0 atom stereocenters. The van der Waals surface area contributed by atoms with Gasteiger partial charge in [0.25, 0.3) is 0 Å². The van der Waals surface area contributed by atoms with Gasteiger partial charge in [0.1, 0.15) is 12.0 Å². The third-order valence-corrected chi connectivity index (χ3v) is 1.94. The number of carbonyl (C=O) groups excluding carboxylic acids is 1. The fraction of sp³-hybridized carbons (Fsp3) is 0.0909. The van der Waals surface area contributed by atoms with Crippen LogP contribution in [-0.2, 0) is 6.42 Å². The molecule has 0 saturated carbocycles. The first-order valence-corrected chi connectivity index (χ1v) is 4.55. The maximum absolute atomic E-state index is 11.7. The minimum absolute atomic E-state index is 0.0453. The van der Waals surface area contributed by atoms with E-state index in [1.807, 2.05) is 18.2 Å². The van der Waals surface area contributed by atoms with Gasteiger partial charge in [-0.1, -0.05) is 6.07 Å². The molecule has 0 radical (unpaired) electrons. The Kier molecular flexibility index (Phi) is 2.78. The first-order chi connectivity index (χ1) is 7.36. The fourth-order valence-electron chi connectivity index (χ4n) is 1.21. The van der Waals surface area contributed by atoms with Crippen LogP contribution in [0.25, 0.3) is 0 Å². The van der Waals surface area contributed by atoms with Crippen LogP contribution in [-0.4, -0.2) is 20.7 Å². The Hall–Kier alpha value is -2.10. The number of nitrogens with zero attached hydrogens (tertiary/aromatic N) is 3. The maximum Gasteiger partial charge on any atom is 0.187 e. The topological polar surface area (TPSA) is 55.7 Å². The first kappa shape index (κ1) is 9.45. The Bertz CT molecular complexity index is 442. The molecular weight excluding hydrogens is 190 g/mol. The van der Waals surface area contributed by atoms with E-state index >= 15 is 0 Å². The monoisotopic (exact) mass is 199 g/mol. The molecule has 0 unspecified atom stereocenters. The number of ketones is 1. The van der Waals surface area contributed by atoms with E-state index in [1.165, 1.54) is 6.33 Å². The first-order valence-electron chi connectivity index (χ1n) is 4.55. The molecule has 0 fully saturated rings. The predicted molar refractivity (Wildman–Crippen MR) is 54.3 cm³/mol. The van der Waals surface area contributed by atoms with Gasteiger partial charge >= 0.3 is 0 Å². The van der Waals surface area contributed by atoms with Gasteiger partial charge in [0.15, 0.2) is 5.78 Å². The Labute approximate surface area is 87.0 Å². The average molecular weight is 199 g/mol. The van der Waals surface area contributed by atoms with Crippen LogP contribution in [0.15, 0.2) is 43.0 Å². The molecule has 4 heteroatoms. The molecule has 4 nitrogen and oxygen atoms in total. The maximum atomic E-state index is 11.7.